The lowest BCUT2D eigenvalue weighted by Crippen LogP contribution is -2.24. The van der Waals surface area contributed by atoms with Gasteiger partial charge in [0.1, 0.15) is 23.3 Å². The molecule has 0 saturated heterocycles. The first-order valence-corrected chi connectivity index (χ1v) is 11.0. The van der Waals surface area contributed by atoms with Crippen LogP contribution in [-0.2, 0) is 31.0 Å². The lowest BCUT2D eigenvalue weighted by Gasteiger charge is -2.18. The molecule has 2 amide bonds. The number of anilines is 1. The van der Waals surface area contributed by atoms with Gasteiger partial charge in [-0.15, -0.1) is 0 Å². The number of aromatic nitrogens is 2. The minimum atomic E-state index is -1.08. The highest BCUT2D eigenvalue weighted by molar-refractivity contribution is 5.95. The van der Waals surface area contributed by atoms with Crippen LogP contribution in [0.3, 0.4) is 0 Å². The third-order valence-corrected chi connectivity index (χ3v) is 5.65. The molecule has 0 fully saturated rings. The summed E-state index contributed by atoms with van der Waals surface area (Å²) in [7, 11) is 1.92. The van der Waals surface area contributed by atoms with Crippen molar-refractivity contribution in [2.24, 2.45) is 0 Å². The summed E-state index contributed by atoms with van der Waals surface area (Å²) in [6.45, 7) is 1.51. The molecule has 2 N–H and O–H groups in total. The van der Waals surface area contributed by atoms with Crippen LogP contribution in [0.1, 0.15) is 39.4 Å². The Hall–Kier alpha value is -3.92. The number of benzene rings is 2. The number of aryl methyl sites for hydroxylation is 1. The predicted octanol–water partition coefficient (Wildman–Crippen LogP) is 3.85. The molecule has 0 radical (unpaired) electrons. The molecular weight excluding hydrogens is 459 g/mol. The smallest absolute Gasteiger partial charge is 0.251 e. The van der Waals surface area contributed by atoms with Gasteiger partial charge in [-0.25, -0.2) is 18.2 Å². The van der Waals surface area contributed by atoms with E-state index in [1.807, 2.05) is 24.2 Å². The Morgan fingerprint density at radius 1 is 1.17 bits per heavy atom. The number of imidazole rings is 1. The van der Waals surface area contributed by atoms with E-state index >= 15 is 0 Å². The number of fused-ring (bicyclic) bond motifs is 1. The maximum Gasteiger partial charge on any atom is 0.251 e. The molecule has 2 aromatic carbocycles. The molecule has 0 atom stereocenters. The van der Waals surface area contributed by atoms with Crippen LogP contribution in [0.4, 0.5) is 18.9 Å². The van der Waals surface area contributed by atoms with Crippen LogP contribution in [0.15, 0.2) is 42.6 Å². The Morgan fingerprint density at radius 2 is 1.94 bits per heavy atom. The molecule has 35 heavy (non-hydrogen) atoms. The van der Waals surface area contributed by atoms with E-state index in [4.69, 9.17) is 0 Å². The molecule has 182 valence electrons. The molecule has 0 aliphatic carbocycles. The Kier molecular flexibility index (Phi) is 7.31. The summed E-state index contributed by atoms with van der Waals surface area (Å²) in [5.74, 6) is -2.87. The number of rotatable bonds is 9. The Morgan fingerprint density at radius 3 is 2.66 bits per heavy atom. The highest BCUT2D eigenvalue weighted by atomic mass is 19.1. The zero-order valence-corrected chi connectivity index (χ0v) is 19.0. The van der Waals surface area contributed by atoms with E-state index in [0.717, 1.165) is 30.0 Å². The van der Waals surface area contributed by atoms with Gasteiger partial charge in [-0.3, -0.25) is 14.5 Å². The van der Waals surface area contributed by atoms with Crippen molar-refractivity contribution in [3.8, 4) is 0 Å². The number of carbonyl (C=O) groups is 2. The summed E-state index contributed by atoms with van der Waals surface area (Å²) in [5, 5.41) is 5.02. The van der Waals surface area contributed by atoms with Gasteiger partial charge in [-0.2, -0.15) is 0 Å². The van der Waals surface area contributed by atoms with E-state index in [1.165, 1.54) is 6.07 Å². The first kappa shape index (κ1) is 24.2. The summed E-state index contributed by atoms with van der Waals surface area (Å²) in [4.78, 5) is 30.4. The number of nitrogens with one attached hydrogen (secondary N) is 2. The van der Waals surface area contributed by atoms with Gasteiger partial charge in [-0.1, -0.05) is 12.1 Å². The molecule has 1 aliphatic heterocycles. The van der Waals surface area contributed by atoms with Crippen molar-refractivity contribution in [2.75, 3.05) is 12.4 Å². The van der Waals surface area contributed by atoms with Crippen molar-refractivity contribution in [1.29, 1.82) is 0 Å². The van der Waals surface area contributed by atoms with Crippen LogP contribution in [0.2, 0.25) is 0 Å². The van der Waals surface area contributed by atoms with Crippen LogP contribution in [0.25, 0.3) is 6.08 Å². The van der Waals surface area contributed by atoms with Crippen molar-refractivity contribution in [3.05, 3.63) is 88.3 Å². The summed E-state index contributed by atoms with van der Waals surface area (Å²) < 4.78 is 42.9. The van der Waals surface area contributed by atoms with E-state index in [2.05, 4.69) is 26.3 Å². The monoisotopic (exact) mass is 483 g/mol. The Labute approximate surface area is 200 Å². The predicted molar refractivity (Wildman–Crippen MR) is 125 cm³/mol. The van der Waals surface area contributed by atoms with Gasteiger partial charge in [0, 0.05) is 61.3 Å². The second-order valence-corrected chi connectivity index (χ2v) is 8.31. The second kappa shape index (κ2) is 10.6. The highest BCUT2D eigenvalue weighted by Gasteiger charge is 2.16. The summed E-state index contributed by atoms with van der Waals surface area (Å²) >= 11 is 0. The van der Waals surface area contributed by atoms with Gasteiger partial charge in [0.2, 0.25) is 6.41 Å². The van der Waals surface area contributed by atoms with E-state index in [0.29, 0.717) is 37.3 Å². The average Bonchev–Trinajstić information content (AvgIpc) is 3.21. The number of carbonyl (C=O) groups excluding carboxylic acids is 2. The topological polar surface area (TPSA) is 79.3 Å². The summed E-state index contributed by atoms with van der Waals surface area (Å²) in [5.41, 5.74) is 1.88. The Bertz CT molecular complexity index is 1270. The molecule has 1 aliphatic rings. The largest absolute Gasteiger partial charge is 0.348 e. The van der Waals surface area contributed by atoms with Crippen molar-refractivity contribution in [1.82, 2.24) is 19.8 Å². The molecule has 1 aromatic heterocycles. The van der Waals surface area contributed by atoms with Crippen LogP contribution < -0.4 is 10.6 Å². The van der Waals surface area contributed by atoms with Crippen LogP contribution in [0.5, 0.6) is 0 Å². The van der Waals surface area contributed by atoms with Crippen molar-refractivity contribution < 1.29 is 22.8 Å². The van der Waals surface area contributed by atoms with Crippen LogP contribution >= 0.6 is 0 Å². The standard InChI is InChI=1S/C25H24F3N5O2/c1-32(13-19-14-33-7-3-2-4-24(33)31-19)12-17-6-5-16(8-23(17)30-15-34)25(35)29-11-20-21(27)9-18(26)10-22(20)28/h2,4-6,8-10,14-15H,3,7,11-13H2,1H3,(H,29,35)(H,30,34). The quantitative estimate of drug-likeness (QED) is 0.454. The summed E-state index contributed by atoms with van der Waals surface area (Å²) in [6, 6.07) is 5.86. The van der Waals surface area contributed by atoms with Gasteiger partial charge in [0.15, 0.2) is 0 Å². The zero-order chi connectivity index (χ0) is 24.9. The van der Waals surface area contributed by atoms with Gasteiger partial charge in [0.05, 0.1) is 5.69 Å². The first-order valence-electron chi connectivity index (χ1n) is 11.0. The maximum atomic E-state index is 13.8. The number of hydrogen-bond acceptors (Lipinski definition) is 4. The SMILES string of the molecule is CN(Cc1cn2c(n1)C=CCC2)Cc1ccc(C(=O)NCc2c(F)cc(F)cc2F)cc1NC=O. The molecule has 4 rings (SSSR count). The fourth-order valence-corrected chi connectivity index (χ4v) is 3.97. The Balaban J connectivity index is 1.43. The molecule has 0 spiro atoms. The lowest BCUT2D eigenvalue weighted by molar-refractivity contribution is -0.105. The van der Waals surface area contributed by atoms with Gasteiger partial charge >= 0.3 is 0 Å². The van der Waals surface area contributed by atoms with E-state index in [-0.39, 0.29) is 5.56 Å². The molecule has 0 bridgehead atoms. The normalized spacial score (nSPS) is 12.5. The minimum Gasteiger partial charge on any atom is -0.348 e. The van der Waals surface area contributed by atoms with Crippen molar-refractivity contribution in [3.63, 3.8) is 0 Å². The zero-order valence-electron chi connectivity index (χ0n) is 19.0. The molecule has 0 unspecified atom stereocenters. The first-order chi connectivity index (χ1) is 16.8. The van der Waals surface area contributed by atoms with E-state index < -0.39 is 35.5 Å². The lowest BCUT2D eigenvalue weighted by atomic mass is 10.1. The number of nitrogens with zero attached hydrogens (tertiary/aromatic N) is 3. The molecule has 2 heterocycles. The average molecular weight is 483 g/mol. The molecule has 3 aromatic rings. The highest BCUT2D eigenvalue weighted by Crippen LogP contribution is 2.21. The number of hydrogen-bond donors (Lipinski definition) is 2. The molecule has 10 heteroatoms. The van der Waals surface area contributed by atoms with E-state index in [1.54, 1.807) is 12.1 Å². The molecule has 0 saturated carbocycles. The third-order valence-electron chi connectivity index (χ3n) is 5.65. The van der Waals surface area contributed by atoms with E-state index in [9.17, 15) is 22.8 Å². The van der Waals surface area contributed by atoms with Crippen LogP contribution in [0, 0.1) is 17.5 Å². The van der Waals surface area contributed by atoms with Crippen LogP contribution in [-0.4, -0.2) is 33.8 Å². The van der Waals surface area contributed by atoms with Crippen molar-refractivity contribution in [2.45, 2.75) is 32.6 Å². The fourth-order valence-electron chi connectivity index (χ4n) is 3.97. The molecular formula is C25H24F3N5O2. The second-order valence-electron chi connectivity index (χ2n) is 8.31. The van der Waals surface area contributed by atoms with Gasteiger partial charge in [0.25, 0.3) is 5.91 Å². The van der Waals surface area contributed by atoms with Crippen molar-refractivity contribution >= 4 is 24.1 Å². The summed E-state index contributed by atoms with van der Waals surface area (Å²) in [6.07, 6.45) is 7.62. The van der Waals surface area contributed by atoms with Gasteiger partial charge < -0.3 is 15.2 Å². The van der Waals surface area contributed by atoms with Gasteiger partial charge in [-0.05, 0) is 37.2 Å². The number of halogens is 3. The number of allylic oxidation sites excluding steroid dienone is 1. The maximum absolute atomic E-state index is 13.8. The molecule has 7 nitrogen and oxygen atoms in total. The number of amides is 2. The fraction of sp³-hybridized carbons (Fsp3) is 0.240. The third kappa shape index (κ3) is 5.78. The minimum absolute atomic E-state index is 0.192.